The fraction of sp³-hybridized carbons (Fsp3) is 0.211. The van der Waals surface area contributed by atoms with Crippen LogP contribution in [0.1, 0.15) is 12.6 Å². The van der Waals surface area contributed by atoms with Gasteiger partial charge in [-0.1, -0.05) is 12.2 Å². The molecule has 2 aromatic heterocycles. The number of carbonyl (C=O) groups excluding carboxylic acids is 1. The predicted molar refractivity (Wildman–Crippen MR) is 105 cm³/mol. The van der Waals surface area contributed by atoms with Crippen molar-refractivity contribution < 1.29 is 4.79 Å². The first kappa shape index (κ1) is 17.4. The Balaban J connectivity index is 1.57. The Hall–Kier alpha value is -3.06. The van der Waals surface area contributed by atoms with Gasteiger partial charge in [0.1, 0.15) is 0 Å². The van der Waals surface area contributed by atoms with Gasteiger partial charge < -0.3 is 5.32 Å². The minimum atomic E-state index is -0.316. The van der Waals surface area contributed by atoms with Crippen molar-refractivity contribution in [2.75, 3.05) is 5.32 Å². The first-order valence-corrected chi connectivity index (χ1v) is 8.94. The van der Waals surface area contributed by atoms with Crippen molar-refractivity contribution in [3.8, 4) is 11.3 Å². The molecule has 0 saturated carbocycles. The number of hydrogen-bond acceptors (Lipinski definition) is 5. The third-order valence-corrected chi connectivity index (χ3v) is 4.70. The number of halogens is 1. The third-order valence-electron chi connectivity index (χ3n) is 4.43. The lowest BCUT2D eigenvalue weighted by Gasteiger charge is -2.21. The Bertz CT molecular complexity index is 1030. The summed E-state index contributed by atoms with van der Waals surface area (Å²) in [5, 5.41) is 9.89. The molecule has 3 heterocycles. The summed E-state index contributed by atoms with van der Waals surface area (Å²) in [4.78, 5) is 25.4. The molecule has 7 nitrogen and oxygen atoms in total. The van der Waals surface area contributed by atoms with Gasteiger partial charge in [-0.3, -0.25) is 9.89 Å². The van der Waals surface area contributed by atoms with Gasteiger partial charge in [-0.2, -0.15) is 5.10 Å². The van der Waals surface area contributed by atoms with E-state index in [-0.39, 0.29) is 17.3 Å². The molecule has 0 bridgehead atoms. The molecule has 0 spiro atoms. The molecule has 4 rings (SSSR count). The molecule has 1 aliphatic heterocycles. The number of rotatable bonds is 4. The van der Waals surface area contributed by atoms with Gasteiger partial charge >= 0.3 is 0 Å². The Morgan fingerprint density at radius 1 is 1.37 bits per heavy atom. The number of nitrogens with one attached hydrogen (secondary N) is 2. The van der Waals surface area contributed by atoms with E-state index in [2.05, 4.69) is 30.5 Å². The van der Waals surface area contributed by atoms with E-state index in [4.69, 9.17) is 11.6 Å². The number of nitrogens with zero attached hydrogens (tertiary/aromatic N) is 4. The number of allylic oxidation sites excluding steroid dienone is 5. The molecule has 136 valence electrons. The average molecular weight is 381 g/mol. The second-order valence-electron chi connectivity index (χ2n) is 6.37. The second-order valence-corrected chi connectivity index (χ2v) is 6.87. The second kappa shape index (κ2) is 6.92. The molecular weight excluding hydrogens is 364 g/mol. The molecule has 27 heavy (non-hydrogen) atoms. The highest BCUT2D eigenvalue weighted by atomic mass is 35.5. The smallest absolute Gasteiger partial charge is 0.275 e. The average Bonchev–Trinajstić information content (AvgIpc) is 3.07. The number of alkyl halides is 1. The van der Waals surface area contributed by atoms with Crippen LogP contribution in [0.5, 0.6) is 0 Å². The summed E-state index contributed by atoms with van der Waals surface area (Å²) in [5.41, 5.74) is 4.61. The zero-order valence-electron chi connectivity index (χ0n) is 14.8. The van der Waals surface area contributed by atoms with Crippen LogP contribution in [0, 0.1) is 6.92 Å². The van der Waals surface area contributed by atoms with Crippen molar-refractivity contribution in [3.05, 3.63) is 59.6 Å². The molecular formula is C19H17ClN6O. The van der Waals surface area contributed by atoms with Gasteiger partial charge in [0, 0.05) is 23.0 Å². The summed E-state index contributed by atoms with van der Waals surface area (Å²) in [6, 6.07) is 1.50. The zero-order chi connectivity index (χ0) is 19.0. The number of aromatic amines is 1. The van der Waals surface area contributed by atoms with Crippen LogP contribution in [0.15, 0.2) is 58.9 Å². The number of H-pyrrole nitrogens is 1. The van der Waals surface area contributed by atoms with Gasteiger partial charge in [-0.25, -0.2) is 15.0 Å². The van der Waals surface area contributed by atoms with Gasteiger partial charge in [0.2, 0.25) is 5.95 Å². The zero-order valence-corrected chi connectivity index (χ0v) is 15.5. The van der Waals surface area contributed by atoms with Gasteiger partial charge in [-0.15, -0.1) is 11.6 Å². The number of hydrogen-bond donors (Lipinski definition) is 2. The Morgan fingerprint density at radius 2 is 2.22 bits per heavy atom. The molecule has 2 aromatic rings. The Kier molecular flexibility index (Phi) is 4.45. The number of aliphatic imine (C=N–C) groups is 1. The first-order chi connectivity index (χ1) is 13.0. The molecule has 2 aliphatic rings. The highest BCUT2D eigenvalue weighted by Gasteiger charge is 2.25. The third kappa shape index (κ3) is 3.46. The molecule has 1 amide bonds. The van der Waals surface area contributed by atoms with Crippen LogP contribution >= 0.6 is 11.6 Å². The molecule has 1 aliphatic carbocycles. The summed E-state index contributed by atoms with van der Waals surface area (Å²) < 4.78 is 0. The van der Waals surface area contributed by atoms with E-state index in [0.717, 1.165) is 22.5 Å². The van der Waals surface area contributed by atoms with Crippen molar-refractivity contribution in [1.29, 1.82) is 0 Å². The lowest BCUT2D eigenvalue weighted by atomic mass is 9.95. The van der Waals surface area contributed by atoms with E-state index in [0.29, 0.717) is 17.2 Å². The van der Waals surface area contributed by atoms with Gasteiger partial charge in [0.15, 0.2) is 0 Å². The number of carbonyl (C=O) groups is 1. The molecule has 1 unspecified atom stereocenters. The Labute approximate surface area is 161 Å². The summed E-state index contributed by atoms with van der Waals surface area (Å²) in [5.74, 6) is 0.151. The molecule has 0 aromatic carbocycles. The van der Waals surface area contributed by atoms with Gasteiger partial charge in [-0.05, 0) is 37.6 Å². The van der Waals surface area contributed by atoms with Crippen LogP contribution in [0.2, 0.25) is 0 Å². The first-order valence-electron chi connectivity index (χ1n) is 8.50. The SMILES string of the molecule is Cc1[nH]ncc1-c1ccnc(N[C@@H](C)C2=CC3=CC(Cl)C=CC3=NC2=O)n1. The maximum absolute atomic E-state index is 12.4. The van der Waals surface area contributed by atoms with Crippen LogP contribution in [-0.2, 0) is 4.79 Å². The summed E-state index contributed by atoms with van der Waals surface area (Å²) in [7, 11) is 0. The minimum Gasteiger partial charge on any atom is -0.347 e. The maximum atomic E-state index is 12.4. The Morgan fingerprint density at radius 3 is 3.00 bits per heavy atom. The van der Waals surface area contributed by atoms with E-state index >= 15 is 0 Å². The number of aromatic nitrogens is 4. The summed E-state index contributed by atoms with van der Waals surface area (Å²) in [6.45, 7) is 3.80. The van der Waals surface area contributed by atoms with Crippen molar-refractivity contribution in [2.45, 2.75) is 25.3 Å². The van der Waals surface area contributed by atoms with E-state index in [1.54, 1.807) is 24.5 Å². The molecule has 8 heteroatoms. The maximum Gasteiger partial charge on any atom is 0.275 e. The van der Waals surface area contributed by atoms with Crippen LogP contribution in [0.25, 0.3) is 11.3 Å². The standard InChI is InChI=1S/C19H17ClN6O/c1-10(14-8-12-7-13(20)3-4-16(12)24-18(14)27)23-19-21-6-5-17(25-19)15-9-22-26-11(15)2/h3-10,13H,1-2H3,(H,22,26)(H,21,23,25)/t10-,13?/m0/s1. The highest BCUT2D eigenvalue weighted by Crippen LogP contribution is 2.24. The number of dihydropyridines is 1. The predicted octanol–water partition coefficient (Wildman–Crippen LogP) is 2.99. The monoisotopic (exact) mass is 380 g/mol. The number of fused-ring (bicyclic) bond motifs is 1. The van der Waals surface area contributed by atoms with Crippen LogP contribution in [0.4, 0.5) is 5.95 Å². The lowest BCUT2D eigenvalue weighted by molar-refractivity contribution is -0.114. The van der Waals surface area contributed by atoms with Gasteiger partial charge in [0.25, 0.3) is 5.91 Å². The number of anilines is 1. The van der Waals surface area contributed by atoms with E-state index in [1.807, 2.05) is 32.1 Å². The fourth-order valence-electron chi connectivity index (χ4n) is 2.99. The molecule has 2 atom stereocenters. The van der Waals surface area contributed by atoms with E-state index in [1.165, 1.54) is 0 Å². The van der Waals surface area contributed by atoms with Crippen molar-refractivity contribution in [1.82, 2.24) is 20.2 Å². The molecule has 2 N–H and O–H groups in total. The summed E-state index contributed by atoms with van der Waals surface area (Å²) >= 11 is 6.13. The van der Waals surface area contributed by atoms with Crippen LogP contribution in [-0.4, -0.2) is 43.2 Å². The quantitative estimate of drug-likeness (QED) is 0.795. The van der Waals surface area contributed by atoms with E-state index < -0.39 is 0 Å². The summed E-state index contributed by atoms with van der Waals surface area (Å²) in [6.07, 6.45) is 10.7. The molecule has 0 radical (unpaired) electrons. The molecule has 0 fully saturated rings. The fourth-order valence-corrected chi connectivity index (χ4v) is 3.20. The minimum absolute atomic E-state index is 0.203. The van der Waals surface area contributed by atoms with Crippen LogP contribution < -0.4 is 5.32 Å². The number of aryl methyl sites for hydroxylation is 1. The molecule has 0 saturated heterocycles. The highest BCUT2D eigenvalue weighted by molar-refractivity contribution is 6.27. The largest absolute Gasteiger partial charge is 0.347 e. The van der Waals surface area contributed by atoms with Crippen LogP contribution in [0.3, 0.4) is 0 Å². The number of amides is 1. The van der Waals surface area contributed by atoms with Crippen molar-refractivity contribution in [2.24, 2.45) is 4.99 Å². The van der Waals surface area contributed by atoms with Crippen molar-refractivity contribution >= 4 is 29.2 Å². The van der Waals surface area contributed by atoms with Gasteiger partial charge in [0.05, 0.1) is 29.0 Å². The normalized spacial score (nSPS) is 19.7. The lowest BCUT2D eigenvalue weighted by Crippen LogP contribution is -2.27. The van der Waals surface area contributed by atoms with Crippen molar-refractivity contribution in [3.63, 3.8) is 0 Å². The topological polar surface area (TPSA) is 95.9 Å². The van der Waals surface area contributed by atoms with E-state index in [9.17, 15) is 4.79 Å².